The smallest absolute Gasteiger partial charge is 0.313 e. The molecule has 2 N–H and O–H groups in total. The van der Waals surface area contributed by atoms with Gasteiger partial charge < -0.3 is 5.11 Å². The highest BCUT2D eigenvalue weighted by Gasteiger charge is 2.12. The van der Waals surface area contributed by atoms with Crippen molar-refractivity contribution in [3.8, 4) is 0 Å². The molecular weight excluding hydrogens is 274 g/mol. The number of hydrogen-bond acceptors (Lipinski definition) is 4. The summed E-state index contributed by atoms with van der Waals surface area (Å²) in [7, 11) is -3.45. The largest absolute Gasteiger partial charge is 0.481 e. The van der Waals surface area contributed by atoms with Gasteiger partial charge in [-0.05, 0) is 30.7 Å². The van der Waals surface area contributed by atoms with Crippen molar-refractivity contribution in [2.45, 2.75) is 23.1 Å². The number of aliphatic carboxylic acids is 1. The molecule has 0 aliphatic heterocycles. The molecule has 0 amide bonds. The predicted octanol–water partition coefficient (Wildman–Crippen LogP) is 1.55. The highest BCUT2D eigenvalue weighted by Crippen LogP contribution is 2.19. The lowest BCUT2D eigenvalue weighted by molar-refractivity contribution is -0.133. The highest BCUT2D eigenvalue weighted by molar-refractivity contribution is 8.00. The maximum atomic E-state index is 11.8. The van der Waals surface area contributed by atoms with Crippen LogP contribution < -0.4 is 4.72 Å². The molecule has 1 aromatic rings. The topological polar surface area (TPSA) is 83.5 Å². The first-order valence-electron chi connectivity index (χ1n) is 5.40. The zero-order valence-corrected chi connectivity index (χ0v) is 11.6. The van der Waals surface area contributed by atoms with Crippen LogP contribution in [0.4, 0.5) is 0 Å². The van der Waals surface area contributed by atoms with Gasteiger partial charge in [-0.2, -0.15) is 0 Å². The Morgan fingerprint density at radius 1 is 1.33 bits per heavy atom. The molecule has 7 heteroatoms. The monoisotopic (exact) mass is 289 g/mol. The molecule has 0 saturated heterocycles. The van der Waals surface area contributed by atoms with Crippen LogP contribution in [0.25, 0.3) is 0 Å². The molecule has 0 fully saturated rings. The van der Waals surface area contributed by atoms with Crippen molar-refractivity contribution in [1.29, 1.82) is 0 Å². The Labute approximate surface area is 111 Å². The van der Waals surface area contributed by atoms with Gasteiger partial charge in [-0.3, -0.25) is 4.79 Å². The van der Waals surface area contributed by atoms with E-state index in [-0.39, 0.29) is 10.6 Å². The van der Waals surface area contributed by atoms with Gasteiger partial charge in [-0.1, -0.05) is 6.92 Å². The molecule has 1 aromatic carbocycles. The summed E-state index contributed by atoms with van der Waals surface area (Å²) in [5.41, 5.74) is 0. The zero-order chi connectivity index (χ0) is 13.6. The number of nitrogens with one attached hydrogen (secondary N) is 1. The summed E-state index contributed by atoms with van der Waals surface area (Å²) in [6.07, 6.45) is 0.728. The van der Waals surface area contributed by atoms with Crippen molar-refractivity contribution >= 4 is 27.8 Å². The molecule has 18 heavy (non-hydrogen) atoms. The molecule has 0 spiro atoms. The van der Waals surface area contributed by atoms with Crippen LogP contribution >= 0.6 is 11.8 Å². The van der Waals surface area contributed by atoms with E-state index in [9.17, 15) is 13.2 Å². The van der Waals surface area contributed by atoms with E-state index in [4.69, 9.17) is 5.11 Å². The second kappa shape index (κ2) is 6.77. The number of carbonyl (C=O) groups is 1. The van der Waals surface area contributed by atoms with Crippen molar-refractivity contribution in [3.63, 3.8) is 0 Å². The van der Waals surface area contributed by atoms with E-state index in [1.165, 1.54) is 12.1 Å². The van der Waals surface area contributed by atoms with Crippen LogP contribution in [0.15, 0.2) is 34.1 Å². The minimum Gasteiger partial charge on any atom is -0.481 e. The molecule has 100 valence electrons. The molecular formula is C11H15NO4S2. The van der Waals surface area contributed by atoms with Gasteiger partial charge in [-0.15, -0.1) is 11.8 Å². The van der Waals surface area contributed by atoms with E-state index in [1.54, 1.807) is 12.1 Å². The maximum absolute atomic E-state index is 11.8. The molecule has 0 aliphatic rings. The van der Waals surface area contributed by atoms with Crippen LogP contribution in [0.5, 0.6) is 0 Å². The molecule has 0 unspecified atom stereocenters. The van der Waals surface area contributed by atoms with Gasteiger partial charge in [-0.25, -0.2) is 13.1 Å². The summed E-state index contributed by atoms with van der Waals surface area (Å²) in [5, 5.41) is 8.53. The standard InChI is InChI=1S/C11H15NO4S2/c1-2-7-12-18(15,16)10-5-3-9(4-6-10)17-8-11(13)14/h3-6,12H,2,7-8H2,1H3,(H,13,14). The molecule has 1 rings (SSSR count). The van der Waals surface area contributed by atoms with E-state index in [0.29, 0.717) is 6.54 Å². The van der Waals surface area contributed by atoms with Gasteiger partial charge in [0.05, 0.1) is 10.6 Å². The van der Waals surface area contributed by atoms with Crippen molar-refractivity contribution < 1.29 is 18.3 Å². The number of thioether (sulfide) groups is 1. The molecule has 0 radical (unpaired) electrons. The Balaban J connectivity index is 2.73. The van der Waals surface area contributed by atoms with E-state index in [1.807, 2.05) is 6.92 Å². The fourth-order valence-electron chi connectivity index (χ4n) is 1.18. The fraction of sp³-hybridized carbons (Fsp3) is 0.364. The Hall–Kier alpha value is -1.05. The Morgan fingerprint density at radius 3 is 2.44 bits per heavy atom. The molecule has 5 nitrogen and oxygen atoms in total. The normalized spacial score (nSPS) is 11.4. The van der Waals surface area contributed by atoms with Crippen LogP contribution in [0.2, 0.25) is 0 Å². The number of hydrogen-bond donors (Lipinski definition) is 2. The minimum atomic E-state index is -3.45. The zero-order valence-electron chi connectivity index (χ0n) is 9.92. The SMILES string of the molecule is CCCNS(=O)(=O)c1ccc(SCC(=O)O)cc1. The second-order valence-corrected chi connectivity index (χ2v) is 6.37. The lowest BCUT2D eigenvalue weighted by atomic mass is 10.4. The van der Waals surface area contributed by atoms with E-state index in [2.05, 4.69) is 4.72 Å². The van der Waals surface area contributed by atoms with Crippen molar-refractivity contribution in [3.05, 3.63) is 24.3 Å². The first-order chi connectivity index (χ1) is 8.45. The second-order valence-electron chi connectivity index (χ2n) is 3.55. The lowest BCUT2D eigenvalue weighted by Gasteiger charge is -2.06. The lowest BCUT2D eigenvalue weighted by Crippen LogP contribution is -2.24. The quantitative estimate of drug-likeness (QED) is 0.744. The van der Waals surface area contributed by atoms with E-state index < -0.39 is 16.0 Å². The van der Waals surface area contributed by atoms with Gasteiger partial charge in [0.1, 0.15) is 0 Å². The Kier molecular flexibility index (Phi) is 5.64. The predicted molar refractivity (Wildman–Crippen MR) is 70.3 cm³/mol. The maximum Gasteiger partial charge on any atom is 0.313 e. The number of rotatable bonds is 7. The molecule has 0 atom stereocenters. The van der Waals surface area contributed by atoms with Gasteiger partial charge in [0.25, 0.3) is 0 Å². The van der Waals surface area contributed by atoms with Crippen LogP contribution in [0.1, 0.15) is 13.3 Å². The van der Waals surface area contributed by atoms with Gasteiger partial charge in [0.15, 0.2) is 0 Å². The van der Waals surface area contributed by atoms with Gasteiger partial charge in [0.2, 0.25) is 10.0 Å². The van der Waals surface area contributed by atoms with Crippen LogP contribution in [0.3, 0.4) is 0 Å². The Morgan fingerprint density at radius 2 is 1.94 bits per heavy atom. The summed E-state index contributed by atoms with van der Waals surface area (Å²) < 4.78 is 26.0. The molecule has 0 aliphatic carbocycles. The number of benzene rings is 1. The van der Waals surface area contributed by atoms with Crippen molar-refractivity contribution in [2.75, 3.05) is 12.3 Å². The highest BCUT2D eigenvalue weighted by atomic mass is 32.2. The van der Waals surface area contributed by atoms with Crippen molar-refractivity contribution in [2.24, 2.45) is 0 Å². The third kappa shape index (κ3) is 4.67. The Bertz CT molecular complexity index is 496. The summed E-state index contributed by atoms with van der Waals surface area (Å²) >= 11 is 1.15. The minimum absolute atomic E-state index is 0.0415. The third-order valence-corrected chi connectivity index (χ3v) is 4.51. The number of sulfonamides is 1. The number of carboxylic acids is 1. The summed E-state index contributed by atoms with van der Waals surface area (Å²) in [5.74, 6) is -0.943. The van der Waals surface area contributed by atoms with Gasteiger partial charge in [0, 0.05) is 11.4 Å². The summed E-state index contributed by atoms with van der Waals surface area (Å²) in [6.45, 7) is 2.28. The fourth-order valence-corrected chi connectivity index (χ4v) is 2.93. The van der Waals surface area contributed by atoms with Crippen molar-refractivity contribution in [1.82, 2.24) is 4.72 Å². The first kappa shape index (κ1) is 15.0. The van der Waals surface area contributed by atoms with Crippen LogP contribution in [0, 0.1) is 0 Å². The average Bonchev–Trinajstić information content (AvgIpc) is 2.34. The molecule has 0 heterocycles. The molecule has 0 saturated carbocycles. The molecule has 0 aromatic heterocycles. The van der Waals surface area contributed by atoms with Crippen LogP contribution in [-0.2, 0) is 14.8 Å². The number of carboxylic acid groups (broad SMARTS) is 1. The third-order valence-electron chi connectivity index (χ3n) is 2.04. The van der Waals surface area contributed by atoms with E-state index in [0.717, 1.165) is 23.1 Å². The van der Waals surface area contributed by atoms with Crippen LogP contribution in [-0.4, -0.2) is 31.8 Å². The van der Waals surface area contributed by atoms with E-state index >= 15 is 0 Å². The molecule has 0 bridgehead atoms. The first-order valence-corrected chi connectivity index (χ1v) is 7.87. The average molecular weight is 289 g/mol. The summed E-state index contributed by atoms with van der Waals surface area (Å²) in [4.78, 5) is 11.3. The van der Waals surface area contributed by atoms with Gasteiger partial charge >= 0.3 is 5.97 Å². The summed E-state index contributed by atoms with van der Waals surface area (Å²) in [6, 6.07) is 6.16.